The van der Waals surface area contributed by atoms with Crippen LogP contribution in [0.5, 0.6) is 0 Å². The van der Waals surface area contributed by atoms with Crippen LogP contribution in [0.4, 0.5) is 10.2 Å². The maximum absolute atomic E-state index is 13.9. The first-order valence-electron chi connectivity index (χ1n) is 5.30. The van der Waals surface area contributed by atoms with E-state index in [1.54, 1.807) is 12.1 Å². The van der Waals surface area contributed by atoms with Gasteiger partial charge in [0.2, 0.25) is 0 Å². The summed E-state index contributed by atoms with van der Waals surface area (Å²) in [5, 5.41) is 0.0475. The van der Waals surface area contributed by atoms with Crippen LogP contribution in [0.25, 0.3) is 11.4 Å². The summed E-state index contributed by atoms with van der Waals surface area (Å²) in [5.41, 5.74) is 6.88. The first-order valence-corrected chi connectivity index (χ1v) is 6.76. The number of rotatable bonds is 2. The first kappa shape index (κ1) is 13.5. The zero-order chi connectivity index (χ0) is 13.3. The van der Waals surface area contributed by atoms with Gasteiger partial charge >= 0.3 is 0 Å². The van der Waals surface area contributed by atoms with Crippen molar-refractivity contribution in [2.24, 2.45) is 0 Å². The molecule has 94 valence electrons. The topological polar surface area (TPSA) is 51.8 Å². The van der Waals surface area contributed by atoms with E-state index in [9.17, 15) is 4.39 Å². The molecule has 1 aromatic heterocycles. The molecule has 0 saturated carbocycles. The van der Waals surface area contributed by atoms with E-state index >= 15 is 0 Å². The molecule has 2 rings (SSSR count). The Balaban J connectivity index is 2.64. The van der Waals surface area contributed by atoms with Gasteiger partial charge in [-0.15, -0.1) is 0 Å². The van der Waals surface area contributed by atoms with Crippen LogP contribution in [0, 0.1) is 9.39 Å². The second kappa shape index (κ2) is 5.36. The van der Waals surface area contributed by atoms with Gasteiger partial charge in [0.25, 0.3) is 0 Å². The molecule has 2 aromatic rings. The van der Waals surface area contributed by atoms with E-state index in [4.69, 9.17) is 17.3 Å². The van der Waals surface area contributed by atoms with Crippen molar-refractivity contribution in [2.75, 3.05) is 5.73 Å². The molecular formula is C12H10ClFIN3. The van der Waals surface area contributed by atoms with Crippen LogP contribution in [0.2, 0.25) is 5.02 Å². The predicted molar refractivity (Wildman–Crippen MR) is 78.9 cm³/mol. The number of anilines is 1. The fourth-order valence-electron chi connectivity index (χ4n) is 1.54. The van der Waals surface area contributed by atoms with E-state index in [0.717, 1.165) is 9.26 Å². The molecule has 18 heavy (non-hydrogen) atoms. The zero-order valence-corrected chi connectivity index (χ0v) is 12.5. The lowest BCUT2D eigenvalue weighted by Crippen LogP contribution is -2.05. The highest BCUT2D eigenvalue weighted by molar-refractivity contribution is 14.1. The molecule has 1 heterocycles. The van der Waals surface area contributed by atoms with Crippen molar-refractivity contribution < 1.29 is 4.39 Å². The summed E-state index contributed by atoms with van der Waals surface area (Å²) in [7, 11) is 0. The minimum atomic E-state index is -0.526. The Labute approximate surface area is 123 Å². The van der Waals surface area contributed by atoms with Crippen LogP contribution in [0.3, 0.4) is 0 Å². The van der Waals surface area contributed by atoms with E-state index in [-0.39, 0.29) is 16.4 Å². The van der Waals surface area contributed by atoms with Gasteiger partial charge in [-0.05, 0) is 41.1 Å². The molecule has 0 atom stereocenters. The standard InChI is InChI=1S/C12H10ClFIN3/c1-2-8-10(15)11(16)18-12(17-8)6-4-3-5-7(13)9(6)14/h3-5H,2H2,1H3,(H2,16,17,18). The van der Waals surface area contributed by atoms with Gasteiger partial charge in [0, 0.05) is 0 Å². The monoisotopic (exact) mass is 377 g/mol. The number of benzene rings is 1. The van der Waals surface area contributed by atoms with E-state index < -0.39 is 5.82 Å². The molecule has 0 aliphatic rings. The minimum absolute atomic E-state index is 0.0475. The lowest BCUT2D eigenvalue weighted by atomic mass is 10.2. The molecule has 3 nitrogen and oxygen atoms in total. The molecule has 0 amide bonds. The predicted octanol–water partition coefficient (Wildman–Crippen LogP) is 3.69. The van der Waals surface area contributed by atoms with Gasteiger partial charge in [-0.2, -0.15) is 0 Å². The van der Waals surface area contributed by atoms with Gasteiger partial charge < -0.3 is 5.73 Å². The second-order valence-corrected chi connectivity index (χ2v) is 5.13. The van der Waals surface area contributed by atoms with E-state index in [2.05, 4.69) is 32.6 Å². The summed E-state index contributed by atoms with van der Waals surface area (Å²) >= 11 is 7.83. The highest BCUT2D eigenvalue weighted by Gasteiger charge is 2.14. The Bertz CT molecular complexity index is 604. The average Bonchev–Trinajstić information content (AvgIpc) is 2.36. The molecule has 0 aliphatic carbocycles. The van der Waals surface area contributed by atoms with Gasteiger partial charge in [-0.25, -0.2) is 14.4 Å². The molecule has 0 unspecified atom stereocenters. The Morgan fingerprint density at radius 3 is 2.78 bits per heavy atom. The van der Waals surface area contributed by atoms with Crippen LogP contribution in [-0.2, 0) is 6.42 Å². The lowest BCUT2D eigenvalue weighted by Gasteiger charge is -2.08. The second-order valence-electron chi connectivity index (χ2n) is 3.65. The van der Waals surface area contributed by atoms with Crippen molar-refractivity contribution in [2.45, 2.75) is 13.3 Å². The van der Waals surface area contributed by atoms with Crippen molar-refractivity contribution in [1.82, 2.24) is 9.97 Å². The van der Waals surface area contributed by atoms with Crippen molar-refractivity contribution in [3.8, 4) is 11.4 Å². The minimum Gasteiger partial charge on any atom is -0.383 e. The highest BCUT2D eigenvalue weighted by Crippen LogP contribution is 2.27. The third-order valence-electron chi connectivity index (χ3n) is 2.47. The number of aromatic nitrogens is 2. The fraction of sp³-hybridized carbons (Fsp3) is 0.167. The number of aryl methyl sites for hydroxylation is 1. The van der Waals surface area contributed by atoms with Crippen molar-refractivity contribution >= 4 is 40.0 Å². The SMILES string of the molecule is CCc1nc(-c2cccc(Cl)c2F)nc(N)c1I. The molecule has 1 aromatic carbocycles. The Morgan fingerprint density at radius 2 is 2.11 bits per heavy atom. The normalized spacial score (nSPS) is 10.7. The molecule has 2 N–H and O–H groups in total. The molecule has 0 saturated heterocycles. The van der Waals surface area contributed by atoms with Gasteiger partial charge in [-0.3, -0.25) is 0 Å². The summed E-state index contributed by atoms with van der Waals surface area (Å²) in [6.45, 7) is 1.96. The Hall–Kier alpha value is -0.950. The first-order chi connectivity index (χ1) is 8.54. The summed E-state index contributed by atoms with van der Waals surface area (Å²) in [6.07, 6.45) is 0.709. The molecule has 0 radical (unpaired) electrons. The number of halogens is 3. The number of hydrogen-bond acceptors (Lipinski definition) is 3. The number of nitrogen functional groups attached to an aromatic ring is 1. The summed E-state index contributed by atoms with van der Waals surface area (Å²) in [6, 6.07) is 4.73. The zero-order valence-electron chi connectivity index (χ0n) is 9.54. The largest absolute Gasteiger partial charge is 0.383 e. The summed E-state index contributed by atoms with van der Waals surface area (Å²) in [4.78, 5) is 8.44. The molecule has 0 aliphatic heterocycles. The Morgan fingerprint density at radius 1 is 1.39 bits per heavy atom. The summed E-state index contributed by atoms with van der Waals surface area (Å²) < 4.78 is 14.7. The molecule has 0 fully saturated rings. The fourth-order valence-corrected chi connectivity index (χ4v) is 2.34. The molecule has 0 spiro atoms. The molecule has 6 heteroatoms. The smallest absolute Gasteiger partial charge is 0.164 e. The Kier molecular flexibility index (Phi) is 4.01. The van der Waals surface area contributed by atoms with E-state index in [0.29, 0.717) is 12.2 Å². The molecular weight excluding hydrogens is 368 g/mol. The third-order valence-corrected chi connectivity index (χ3v) is 3.94. The number of hydrogen-bond donors (Lipinski definition) is 1. The maximum atomic E-state index is 13.9. The van der Waals surface area contributed by atoms with E-state index in [1.165, 1.54) is 6.07 Å². The van der Waals surface area contributed by atoms with Crippen LogP contribution < -0.4 is 5.73 Å². The van der Waals surface area contributed by atoms with Gasteiger partial charge in [0.15, 0.2) is 11.6 Å². The lowest BCUT2D eigenvalue weighted by molar-refractivity contribution is 0.630. The number of nitrogens with zero attached hydrogens (tertiary/aromatic N) is 2. The van der Waals surface area contributed by atoms with Crippen LogP contribution in [0.1, 0.15) is 12.6 Å². The van der Waals surface area contributed by atoms with E-state index in [1.807, 2.05) is 6.92 Å². The summed E-state index contributed by atoms with van der Waals surface area (Å²) in [5.74, 6) is 0.100. The van der Waals surface area contributed by atoms with Crippen LogP contribution in [0.15, 0.2) is 18.2 Å². The van der Waals surface area contributed by atoms with Gasteiger partial charge in [-0.1, -0.05) is 24.6 Å². The van der Waals surface area contributed by atoms with Crippen molar-refractivity contribution in [3.63, 3.8) is 0 Å². The van der Waals surface area contributed by atoms with Crippen LogP contribution in [-0.4, -0.2) is 9.97 Å². The quantitative estimate of drug-likeness (QED) is 0.812. The third kappa shape index (κ3) is 2.42. The average molecular weight is 378 g/mol. The van der Waals surface area contributed by atoms with Crippen LogP contribution >= 0.6 is 34.2 Å². The van der Waals surface area contributed by atoms with Crippen molar-refractivity contribution in [1.29, 1.82) is 0 Å². The van der Waals surface area contributed by atoms with Crippen molar-refractivity contribution in [3.05, 3.63) is 38.3 Å². The van der Waals surface area contributed by atoms with Gasteiger partial charge in [0.05, 0.1) is 19.9 Å². The highest BCUT2D eigenvalue weighted by atomic mass is 127. The number of nitrogens with two attached hydrogens (primary N) is 1. The van der Waals surface area contributed by atoms with Gasteiger partial charge in [0.1, 0.15) is 5.82 Å². The maximum Gasteiger partial charge on any atom is 0.164 e. The molecule has 0 bridgehead atoms.